The van der Waals surface area contributed by atoms with E-state index in [-0.39, 0.29) is 25.8 Å². The molecule has 0 aromatic rings. The molecule has 9 heteroatoms. The first kappa shape index (κ1) is 53.8. The number of esters is 1. The molecule has 0 amide bonds. The van der Waals surface area contributed by atoms with Crippen molar-refractivity contribution >= 4 is 13.8 Å². The Morgan fingerprint density at radius 1 is 0.564 bits per heavy atom. The molecule has 0 fully saturated rings. The van der Waals surface area contributed by atoms with E-state index in [2.05, 4.69) is 26.0 Å². The van der Waals surface area contributed by atoms with E-state index < -0.39 is 13.9 Å². The van der Waals surface area contributed by atoms with Crippen LogP contribution >= 0.6 is 7.82 Å². The Morgan fingerprint density at radius 2 is 0.964 bits per heavy atom. The van der Waals surface area contributed by atoms with Crippen LogP contribution in [0.25, 0.3) is 0 Å². The Bertz CT molecular complexity index is 936. The molecule has 0 aliphatic rings. The number of phosphoric ester groups is 1. The fourth-order valence-electron chi connectivity index (χ4n) is 6.45. The number of quaternary nitrogens is 1. The van der Waals surface area contributed by atoms with Crippen LogP contribution in [0.3, 0.4) is 0 Å². The van der Waals surface area contributed by atoms with Crippen LogP contribution in [-0.2, 0) is 27.9 Å². The van der Waals surface area contributed by atoms with Crippen LogP contribution in [0.5, 0.6) is 0 Å². The molecule has 0 aromatic heterocycles. The number of rotatable bonds is 43. The van der Waals surface area contributed by atoms with Crippen molar-refractivity contribution in [2.24, 2.45) is 0 Å². The Kier molecular flexibility index (Phi) is 38.8. The normalized spacial score (nSPS) is 13.9. The maximum Gasteiger partial charge on any atom is 0.472 e. The Labute approximate surface area is 341 Å². The summed E-state index contributed by atoms with van der Waals surface area (Å²) in [5.41, 5.74) is 0. The van der Waals surface area contributed by atoms with Crippen molar-refractivity contribution in [1.29, 1.82) is 0 Å². The molecule has 0 aromatic carbocycles. The van der Waals surface area contributed by atoms with Crippen LogP contribution in [0.1, 0.15) is 213 Å². The molecule has 0 aliphatic carbocycles. The Hall–Kier alpha value is -1.18. The molecule has 2 atom stereocenters. The van der Waals surface area contributed by atoms with Crippen LogP contribution in [0.2, 0.25) is 0 Å². The molecule has 1 N–H and O–H groups in total. The van der Waals surface area contributed by atoms with Crippen molar-refractivity contribution in [3.05, 3.63) is 24.5 Å². The molecule has 0 aliphatic heterocycles. The molecule has 2 unspecified atom stereocenters. The van der Waals surface area contributed by atoms with Gasteiger partial charge in [-0.15, -0.1) is 0 Å². The lowest BCUT2D eigenvalue weighted by molar-refractivity contribution is -0.870. The van der Waals surface area contributed by atoms with E-state index in [9.17, 15) is 14.3 Å². The summed E-state index contributed by atoms with van der Waals surface area (Å²) in [6, 6.07) is 0. The summed E-state index contributed by atoms with van der Waals surface area (Å²) < 4.78 is 34.8. The van der Waals surface area contributed by atoms with E-state index in [4.69, 9.17) is 18.5 Å². The molecular formula is C46H91NO7P+. The summed E-state index contributed by atoms with van der Waals surface area (Å²) in [5.74, 6) is -0.336. The highest BCUT2D eigenvalue weighted by atomic mass is 31.2. The van der Waals surface area contributed by atoms with E-state index in [1.165, 1.54) is 161 Å². The van der Waals surface area contributed by atoms with Gasteiger partial charge in [0.15, 0.2) is 6.10 Å². The number of likely N-dealkylation sites (N-methyl/N-ethyl adjacent to an activating group) is 1. The highest BCUT2D eigenvalue weighted by Gasteiger charge is 2.26. The molecule has 0 saturated carbocycles. The number of phosphoric acid groups is 1. The number of carbonyl (C=O) groups excluding carboxylic acids is 1. The van der Waals surface area contributed by atoms with Crippen LogP contribution in [0.15, 0.2) is 24.5 Å². The van der Waals surface area contributed by atoms with Crippen molar-refractivity contribution in [2.75, 3.05) is 47.5 Å². The Balaban J connectivity index is 4.22. The quantitative estimate of drug-likeness (QED) is 0.0164. The first-order chi connectivity index (χ1) is 26.6. The van der Waals surface area contributed by atoms with Gasteiger partial charge in [-0.1, -0.05) is 174 Å². The maximum absolute atomic E-state index is 12.7. The molecule has 0 radical (unpaired) electrons. The third-order valence-corrected chi connectivity index (χ3v) is 11.1. The van der Waals surface area contributed by atoms with Gasteiger partial charge in [0, 0.05) is 6.42 Å². The van der Waals surface area contributed by atoms with Gasteiger partial charge in [0.1, 0.15) is 19.8 Å². The first-order valence-corrected chi connectivity index (χ1v) is 24.6. The third kappa shape index (κ3) is 43.8. The topological polar surface area (TPSA) is 91.3 Å². The lowest BCUT2D eigenvalue weighted by Gasteiger charge is -2.24. The van der Waals surface area contributed by atoms with Crippen LogP contribution in [0.4, 0.5) is 0 Å². The molecule has 55 heavy (non-hydrogen) atoms. The van der Waals surface area contributed by atoms with E-state index in [1.807, 2.05) is 27.2 Å². The third-order valence-electron chi connectivity index (χ3n) is 10.1. The van der Waals surface area contributed by atoms with Crippen molar-refractivity contribution in [1.82, 2.24) is 0 Å². The summed E-state index contributed by atoms with van der Waals surface area (Å²) in [7, 11) is 1.64. The zero-order valence-corrected chi connectivity index (χ0v) is 37.8. The second-order valence-electron chi connectivity index (χ2n) is 16.9. The first-order valence-electron chi connectivity index (χ1n) is 23.1. The fraction of sp³-hybridized carbons (Fsp3) is 0.891. The molecular weight excluding hydrogens is 709 g/mol. The maximum atomic E-state index is 12.7. The number of hydrogen-bond donors (Lipinski definition) is 1. The average Bonchev–Trinajstić information content (AvgIpc) is 3.13. The molecule has 0 heterocycles. The van der Waals surface area contributed by atoms with Gasteiger partial charge in [-0.25, -0.2) is 4.57 Å². The van der Waals surface area contributed by atoms with Gasteiger partial charge in [0.2, 0.25) is 0 Å². The van der Waals surface area contributed by atoms with Crippen LogP contribution in [0, 0.1) is 0 Å². The lowest BCUT2D eigenvalue weighted by atomic mass is 10.0. The second-order valence-corrected chi connectivity index (χ2v) is 18.3. The minimum Gasteiger partial charge on any atom is -0.498 e. The van der Waals surface area contributed by atoms with Crippen LogP contribution in [-0.4, -0.2) is 69.0 Å². The van der Waals surface area contributed by atoms with Crippen molar-refractivity contribution in [3.8, 4) is 0 Å². The van der Waals surface area contributed by atoms with Crippen molar-refractivity contribution in [2.45, 2.75) is 219 Å². The van der Waals surface area contributed by atoms with E-state index in [0.29, 0.717) is 17.4 Å². The zero-order valence-electron chi connectivity index (χ0n) is 36.9. The lowest BCUT2D eigenvalue weighted by Crippen LogP contribution is -2.37. The van der Waals surface area contributed by atoms with E-state index in [1.54, 1.807) is 6.26 Å². The van der Waals surface area contributed by atoms with Crippen molar-refractivity contribution in [3.63, 3.8) is 0 Å². The predicted octanol–water partition coefficient (Wildman–Crippen LogP) is 14.0. The summed E-state index contributed by atoms with van der Waals surface area (Å²) in [4.78, 5) is 22.9. The van der Waals surface area contributed by atoms with Gasteiger partial charge in [-0.3, -0.25) is 13.8 Å². The van der Waals surface area contributed by atoms with E-state index in [0.717, 1.165) is 32.1 Å². The molecule has 0 saturated heterocycles. The zero-order chi connectivity index (χ0) is 40.6. The summed E-state index contributed by atoms with van der Waals surface area (Å²) in [6.45, 7) is 4.95. The van der Waals surface area contributed by atoms with Gasteiger partial charge in [-0.2, -0.15) is 0 Å². The fourth-order valence-corrected chi connectivity index (χ4v) is 7.20. The molecule has 326 valence electrons. The highest BCUT2D eigenvalue weighted by Crippen LogP contribution is 2.43. The van der Waals surface area contributed by atoms with Gasteiger partial charge >= 0.3 is 13.8 Å². The summed E-state index contributed by atoms with van der Waals surface area (Å²) >= 11 is 0. The standard InChI is InChI=1S/C46H90NO7P/c1-6-8-10-12-14-16-18-20-22-23-24-25-26-27-29-31-33-35-37-39-46(48)54-45(44-53-55(49,50)52-42-40-47(3,4)5)43-51-41-38-36-34-32-30-28-21-19-17-15-13-11-9-7-2/h20,22,38,41,45H,6-19,21,23-37,39-40,42-44H2,1-5H3/p+1/b22-20-,41-38-. The molecule has 0 rings (SSSR count). The summed E-state index contributed by atoms with van der Waals surface area (Å²) in [5, 5.41) is 0. The number of hydrogen-bond acceptors (Lipinski definition) is 6. The van der Waals surface area contributed by atoms with Crippen LogP contribution < -0.4 is 0 Å². The number of ether oxygens (including phenoxy) is 2. The summed E-state index contributed by atoms with van der Waals surface area (Å²) in [6.07, 6.45) is 45.9. The average molecular weight is 801 g/mol. The smallest absolute Gasteiger partial charge is 0.472 e. The minimum atomic E-state index is -4.29. The SMILES string of the molecule is CCCCCCCC/C=C\CCCCCCCCCCCC(=O)OC(CO/C=C\CCCCCCCCCCCCCC)COP(=O)(O)OCC[N+](C)(C)C. The van der Waals surface area contributed by atoms with Gasteiger partial charge in [-0.05, 0) is 51.0 Å². The minimum absolute atomic E-state index is 0.0506. The monoisotopic (exact) mass is 801 g/mol. The molecule has 8 nitrogen and oxygen atoms in total. The van der Waals surface area contributed by atoms with Gasteiger partial charge in [0.05, 0.1) is 34.0 Å². The number of carbonyl (C=O) groups is 1. The van der Waals surface area contributed by atoms with E-state index >= 15 is 0 Å². The Morgan fingerprint density at radius 3 is 1.40 bits per heavy atom. The highest BCUT2D eigenvalue weighted by molar-refractivity contribution is 7.47. The second kappa shape index (κ2) is 39.6. The number of nitrogens with zero attached hydrogens (tertiary/aromatic N) is 1. The van der Waals surface area contributed by atoms with Gasteiger partial charge < -0.3 is 18.9 Å². The molecule has 0 bridgehead atoms. The van der Waals surface area contributed by atoms with Gasteiger partial charge in [0.25, 0.3) is 0 Å². The number of allylic oxidation sites excluding steroid dienone is 3. The van der Waals surface area contributed by atoms with Crippen molar-refractivity contribution < 1.29 is 37.3 Å². The predicted molar refractivity (Wildman–Crippen MR) is 233 cm³/mol. The number of unbranched alkanes of at least 4 members (excludes halogenated alkanes) is 27. The molecule has 0 spiro atoms. The largest absolute Gasteiger partial charge is 0.498 e.